The van der Waals surface area contributed by atoms with Gasteiger partial charge in [-0.3, -0.25) is 4.98 Å². The number of benzene rings is 1. The maximum absolute atomic E-state index is 9.36. The summed E-state index contributed by atoms with van der Waals surface area (Å²) < 4.78 is 6.09. The first-order valence-electron chi connectivity index (χ1n) is 8.93. The normalized spacial score (nSPS) is 19.6. The summed E-state index contributed by atoms with van der Waals surface area (Å²) in [6, 6.07) is 11.8. The lowest BCUT2D eigenvalue weighted by molar-refractivity contribution is -0.00827. The fourth-order valence-corrected chi connectivity index (χ4v) is 3.47. The number of nitrogens with one attached hydrogen (secondary N) is 1. The van der Waals surface area contributed by atoms with E-state index in [1.807, 2.05) is 24.3 Å². The van der Waals surface area contributed by atoms with Gasteiger partial charge in [0.1, 0.15) is 6.07 Å². The molecule has 1 N–H and O–H groups in total. The maximum atomic E-state index is 9.36. The summed E-state index contributed by atoms with van der Waals surface area (Å²) in [6.07, 6.45) is 5.23. The lowest BCUT2D eigenvalue weighted by Gasteiger charge is -2.38. The number of fused-ring (bicyclic) bond motifs is 1. The van der Waals surface area contributed by atoms with Crippen molar-refractivity contribution in [3.8, 4) is 6.07 Å². The molecule has 0 unspecified atom stereocenters. The third-order valence-corrected chi connectivity index (χ3v) is 4.59. The summed E-state index contributed by atoms with van der Waals surface area (Å²) in [5, 5.41) is 13.6. The highest BCUT2D eigenvalue weighted by Crippen LogP contribution is 2.30. The van der Waals surface area contributed by atoms with Crippen LogP contribution in [-0.4, -0.2) is 46.8 Å². The smallest absolute Gasteiger partial charge is 0.222 e. The van der Waals surface area contributed by atoms with Gasteiger partial charge in [-0.2, -0.15) is 5.26 Å². The molecule has 0 spiro atoms. The minimum Gasteiger partial charge on any atom is -0.370 e. The van der Waals surface area contributed by atoms with Crippen LogP contribution < -0.4 is 10.2 Å². The maximum Gasteiger partial charge on any atom is 0.222 e. The zero-order valence-electron chi connectivity index (χ0n) is 15.0. The van der Waals surface area contributed by atoms with Crippen LogP contribution in [0.25, 0.3) is 10.9 Å². The first kappa shape index (κ1) is 17.2. The lowest BCUT2D eigenvalue weighted by Crippen LogP contribution is -2.49. The van der Waals surface area contributed by atoms with Gasteiger partial charge in [0, 0.05) is 49.3 Å². The van der Waals surface area contributed by atoms with Crippen molar-refractivity contribution in [3.05, 3.63) is 54.5 Å². The zero-order chi connectivity index (χ0) is 18.6. The first-order valence-corrected chi connectivity index (χ1v) is 8.93. The molecular formula is C20H20N6O. The van der Waals surface area contributed by atoms with Crippen molar-refractivity contribution in [2.24, 2.45) is 0 Å². The summed E-state index contributed by atoms with van der Waals surface area (Å²) in [6.45, 7) is 4.22. The Morgan fingerprint density at radius 3 is 2.78 bits per heavy atom. The van der Waals surface area contributed by atoms with Crippen molar-refractivity contribution in [1.82, 2.24) is 15.0 Å². The molecule has 4 rings (SSSR count). The standard InChI is InChI=1S/C20H20N6O/c1-14-12-26(13-16(27-14)11-25-20-23-8-3-9-24-20)18-6-5-15(10-21)19-17(18)4-2-7-22-19/h2-9,14,16H,11-13H2,1H3,(H,23,24,25)/t14-,16-/m1/s1. The molecule has 7 heteroatoms. The molecule has 2 atom stereocenters. The molecule has 0 saturated carbocycles. The Labute approximate surface area is 157 Å². The van der Waals surface area contributed by atoms with Crippen LogP contribution in [0.15, 0.2) is 48.9 Å². The minimum absolute atomic E-state index is 0.0000732. The molecule has 27 heavy (non-hydrogen) atoms. The second-order valence-electron chi connectivity index (χ2n) is 6.57. The quantitative estimate of drug-likeness (QED) is 0.765. The monoisotopic (exact) mass is 360 g/mol. The number of nitriles is 1. The van der Waals surface area contributed by atoms with E-state index in [9.17, 15) is 5.26 Å². The second-order valence-corrected chi connectivity index (χ2v) is 6.57. The Morgan fingerprint density at radius 2 is 1.96 bits per heavy atom. The van der Waals surface area contributed by atoms with Gasteiger partial charge >= 0.3 is 0 Å². The number of rotatable bonds is 4. The molecule has 1 aromatic carbocycles. The van der Waals surface area contributed by atoms with Crippen molar-refractivity contribution >= 4 is 22.5 Å². The molecular weight excluding hydrogens is 340 g/mol. The van der Waals surface area contributed by atoms with E-state index < -0.39 is 0 Å². The molecule has 136 valence electrons. The SMILES string of the molecule is C[C@@H]1CN(c2ccc(C#N)c3ncccc23)C[C@@H](CNc2ncccn2)O1. The van der Waals surface area contributed by atoms with Gasteiger partial charge < -0.3 is 15.0 Å². The van der Waals surface area contributed by atoms with Crippen molar-refractivity contribution < 1.29 is 4.74 Å². The number of morpholine rings is 1. The van der Waals surface area contributed by atoms with Gasteiger partial charge in [0.15, 0.2) is 0 Å². The number of nitrogens with zero attached hydrogens (tertiary/aromatic N) is 5. The number of hydrogen-bond acceptors (Lipinski definition) is 7. The Balaban J connectivity index is 1.57. The van der Waals surface area contributed by atoms with Gasteiger partial charge in [0.2, 0.25) is 5.95 Å². The van der Waals surface area contributed by atoms with Gasteiger partial charge in [-0.25, -0.2) is 9.97 Å². The van der Waals surface area contributed by atoms with E-state index in [1.54, 1.807) is 24.7 Å². The highest BCUT2D eigenvalue weighted by atomic mass is 16.5. The van der Waals surface area contributed by atoms with E-state index in [1.165, 1.54) is 0 Å². The van der Waals surface area contributed by atoms with E-state index in [-0.39, 0.29) is 12.2 Å². The van der Waals surface area contributed by atoms with Gasteiger partial charge in [-0.05, 0) is 37.3 Å². The molecule has 1 aliphatic heterocycles. The number of ether oxygens (including phenoxy) is 1. The highest BCUT2D eigenvalue weighted by Gasteiger charge is 2.26. The first-order chi connectivity index (χ1) is 13.2. The molecule has 3 heterocycles. The lowest BCUT2D eigenvalue weighted by atomic mass is 10.1. The van der Waals surface area contributed by atoms with E-state index in [0.29, 0.717) is 18.1 Å². The van der Waals surface area contributed by atoms with Crippen LogP contribution in [0.1, 0.15) is 12.5 Å². The zero-order valence-corrected chi connectivity index (χ0v) is 15.0. The fourth-order valence-electron chi connectivity index (χ4n) is 3.47. The molecule has 3 aromatic rings. The van der Waals surface area contributed by atoms with Crippen LogP contribution in [0.5, 0.6) is 0 Å². The molecule has 1 saturated heterocycles. The third-order valence-electron chi connectivity index (χ3n) is 4.59. The predicted molar refractivity (Wildman–Crippen MR) is 104 cm³/mol. The molecule has 2 aromatic heterocycles. The van der Waals surface area contributed by atoms with Crippen LogP contribution in [0.4, 0.5) is 11.6 Å². The van der Waals surface area contributed by atoms with Crippen LogP contribution in [0.3, 0.4) is 0 Å². The van der Waals surface area contributed by atoms with Crippen LogP contribution in [0, 0.1) is 11.3 Å². The molecule has 0 bridgehead atoms. The van der Waals surface area contributed by atoms with Gasteiger partial charge in [-0.1, -0.05) is 0 Å². The molecule has 7 nitrogen and oxygen atoms in total. The van der Waals surface area contributed by atoms with Crippen LogP contribution >= 0.6 is 0 Å². The van der Waals surface area contributed by atoms with Gasteiger partial charge in [-0.15, -0.1) is 0 Å². The fraction of sp³-hybridized carbons (Fsp3) is 0.300. The summed E-state index contributed by atoms with van der Waals surface area (Å²) in [5.41, 5.74) is 2.41. The number of pyridine rings is 1. The van der Waals surface area contributed by atoms with Crippen molar-refractivity contribution in [1.29, 1.82) is 5.26 Å². The van der Waals surface area contributed by atoms with Gasteiger partial charge in [0.25, 0.3) is 0 Å². The second kappa shape index (κ2) is 7.56. The topological polar surface area (TPSA) is 87.0 Å². The largest absolute Gasteiger partial charge is 0.370 e. The number of hydrogen-bond donors (Lipinski definition) is 1. The summed E-state index contributed by atoms with van der Waals surface area (Å²) in [5.74, 6) is 0.596. The molecule has 1 aliphatic rings. The Bertz CT molecular complexity index is 971. The number of anilines is 2. The summed E-state index contributed by atoms with van der Waals surface area (Å²) >= 11 is 0. The molecule has 0 aliphatic carbocycles. The third kappa shape index (κ3) is 3.66. The Kier molecular flexibility index (Phi) is 4.81. The van der Waals surface area contributed by atoms with E-state index in [0.717, 1.165) is 29.7 Å². The summed E-state index contributed by atoms with van der Waals surface area (Å²) in [7, 11) is 0. The van der Waals surface area contributed by atoms with Crippen LogP contribution in [-0.2, 0) is 4.74 Å². The number of aromatic nitrogens is 3. The molecule has 0 amide bonds. The van der Waals surface area contributed by atoms with E-state index in [2.05, 4.69) is 38.2 Å². The average molecular weight is 360 g/mol. The van der Waals surface area contributed by atoms with Crippen LogP contribution in [0.2, 0.25) is 0 Å². The van der Waals surface area contributed by atoms with Gasteiger partial charge in [0.05, 0.1) is 23.3 Å². The van der Waals surface area contributed by atoms with Crippen molar-refractivity contribution in [2.45, 2.75) is 19.1 Å². The van der Waals surface area contributed by atoms with E-state index >= 15 is 0 Å². The highest BCUT2D eigenvalue weighted by molar-refractivity contribution is 5.95. The van der Waals surface area contributed by atoms with E-state index in [4.69, 9.17) is 4.74 Å². The molecule has 0 radical (unpaired) electrons. The summed E-state index contributed by atoms with van der Waals surface area (Å²) in [4.78, 5) is 15.1. The minimum atomic E-state index is -0.0000732. The average Bonchev–Trinajstić information content (AvgIpc) is 2.72. The Morgan fingerprint density at radius 1 is 1.15 bits per heavy atom. The Hall–Kier alpha value is -3.24. The predicted octanol–water partition coefficient (Wildman–Crippen LogP) is 2.60. The van der Waals surface area contributed by atoms with Crippen molar-refractivity contribution in [3.63, 3.8) is 0 Å². The van der Waals surface area contributed by atoms with Crippen molar-refractivity contribution in [2.75, 3.05) is 29.9 Å². The molecule has 1 fully saturated rings.